The Bertz CT molecular complexity index is 951. The lowest BCUT2D eigenvalue weighted by Gasteiger charge is -2.37. The van der Waals surface area contributed by atoms with E-state index in [2.05, 4.69) is 80.7 Å². The van der Waals surface area contributed by atoms with Gasteiger partial charge in [0.05, 0.1) is 7.11 Å². The van der Waals surface area contributed by atoms with E-state index in [9.17, 15) is 0 Å². The van der Waals surface area contributed by atoms with E-state index >= 15 is 0 Å². The smallest absolute Gasteiger partial charge is 0.123 e. The average molecular weight is 546 g/mol. The number of likely N-dealkylation sites (N-methyl/N-ethyl adjacent to an activating group) is 1. The molecule has 1 N–H and O–H groups in total. The van der Waals surface area contributed by atoms with Crippen LogP contribution in [0.3, 0.4) is 0 Å². The van der Waals surface area contributed by atoms with Gasteiger partial charge in [0.1, 0.15) is 11.6 Å². The Morgan fingerprint density at radius 3 is 2.10 bits per heavy atom. The predicted octanol–water partition coefficient (Wildman–Crippen LogP) is 8.82. The highest BCUT2D eigenvalue weighted by Gasteiger charge is 2.29. The van der Waals surface area contributed by atoms with Gasteiger partial charge in [0.2, 0.25) is 0 Å². The summed E-state index contributed by atoms with van der Waals surface area (Å²) < 4.78 is 6.01. The Balaban J connectivity index is 3.15. The molecule has 0 aromatic carbocycles. The molecular weight excluding hydrogens is 490 g/mol. The van der Waals surface area contributed by atoms with Gasteiger partial charge >= 0.3 is 0 Å². The molecule has 0 bridgehead atoms. The highest BCUT2D eigenvalue weighted by atomic mass is 16.5. The molecule has 0 aromatic rings. The first kappa shape index (κ1) is 34.9. The molecule has 0 spiro atoms. The first-order valence-corrected chi connectivity index (χ1v) is 15.1. The minimum absolute atomic E-state index is 0.305. The number of hydrogen-bond donors (Lipinski definition) is 1. The van der Waals surface area contributed by atoms with Crippen molar-refractivity contribution in [2.24, 2.45) is 11.8 Å². The predicted molar refractivity (Wildman–Crippen MR) is 177 cm³/mol. The van der Waals surface area contributed by atoms with Gasteiger partial charge in [-0.25, -0.2) is 0 Å². The van der Waals surface area contributed by atoms with Crippen LogP contribution in [0, 0.1) is 17.2 Å². The van der Waals surface area contributed by atoms with E-state index in [0.717, 1.165) is 81.7 Å². The Kier molecular flexibility index (Phi) is 18.9. The first-order valence-electron chi connectivity index (χ1n) is 15.1. The topological polar surface area (TPSA) is 39.6 Å². The zero-order chi connectivity index (χ0) is 29.6. The van der Waals surface area contributed by atoms with Crippen LogP contribution >= 0.6 is 0 Å². The van der Waals surface area contributed by atoms with Crippen molar-refractivity contribution in [2.45, 2.75) is 59.3 Å². The molecule has 1 atom stereocenters. The Labute approximate surface area is 246 Å². The van der Waals surface area contributed by atoms with Crippen LogP contribution in [0.25, 0.3) is 0 Å². The molecule has 1 fully saturated rings. The van der Waals surface area contributed by atoms with Crippen molar-refractivity contribution in [2.75, 3.05) is 39.8 Å². The van der Waals surface area contributed by atoms with Crippen LogP contribution < -0.4 is 0 Å². The molecule has 0 aliphatic carbocycles. The molecule has 1 aliphatic heterocycles. The molecule has 0 amide bonds. The molecule has 4 nitrogen and oxygen atoms in total. The highest BCUT2D eigenvalue weighted by Crippen LogP contribution is 2.36. The molecule has 1 rings (SSSR count). The van der Waals surface area contributed by atoms with Crippen LogP contribution in [0.4, 0.5) is 0 Å². The summed E-state index contributed by atoms with van der Waals surface area (Å²) in [7, 11) is 1.74. The van der Waals surface area contributed by atoms with Crippen molar-refractivity contribution in [3.05, 3.63) is 110 Å². The van der Waals surface area contributed by atoms with Crippen LogP contribution in [-0.4, -0.2) is 55.5 Å². The SMILES string of the molecule is C=C/C=C\C=C/CCCN1CCC(C(C/C=C\C=C/C=C)/C(C=C)=C(/C=C(\CC)C(=N)N(CC)CC)OC)CC1. The maximum absolute atomic E-state index is 8.79. The van der Waals surface area contributed by atoms with E-state index in [0.29, 0.717) is 17.7 Å². The summed E-state index contributed by atoms with van der Waals surface area (Å²) in [6.07, 6.45) is 30.6. The molecule has 4 heteroatoms. The van der Waals surface area contributed by atoms with Gasteiger partial charge in [0.25, 0.3) is 0 Å². The molecule has 0 saturated carbocycles. The summed E-state index contributed by atoms with van der Waals surface area (Å²) in [5, 5.41) is 8.79. The van der Waals surface area contributed by atoms with Gasteiger partial charge in [0, 0.05) is 13.1 Å². The number of allylic oxidation sites excluding steroid dienone is 13. The van der Waals surface area contributed by atoms with E-state index in [1.807, 2.05) is 30.4 Å². The fourth-order valence-corrected chi connectivity index (χ4v) is 5.28. The lowest BCUT2D eigenvalue weighted by Crippen LogP contribution is -2.37. The lowest BCUT2D eigenvalue weighted by molar-refractivity contribution is 0.155. The summed E-state index contributed by atoms with van der Waals surface area (Å²) in [6.45, 7) is 23.0. The monoisotopic (exact) mass is 545 g/mol. The number of hydrogen-bond acceptors (Lipinski definition) is 3. The minimum atomic E-state index is 0.305. The summed E-state index contributed by atoms with van der Waals surface area (Å²) >= 11 is 0. The number of amidine groups is 1. The van der Waals surface area contributed by atoms with Gasteiger partial charge in [-0.05, 0) is 101 Å². The van der Waals surface area contributed by atoms with Gasteiger partial charge in [-0.15, -0.1) is 0 Å². The number of nitrogens with zero attached hydrogens (tertiary/aromatic N) is 2. The van der Waals surface area contributed by atoms with Crippen LogP contribution in [0.2, 0.25) is 0 Å². The van der Waals surface area contributed by atoms with Gasteiger partial charge < -0.3 is 14.5 Å². The largest absolute Gasteiger partial charge is 0.496 e. The summed E-state index contributed by atoms with van der Waals surface area (Å²) in [5.74, 6) is 2.27. The lowest BCUT2D eigenvalue weighted by atomic mass is 9.77. The zero-order valence-electron chi connectivity index (χ0n) is 25.8. The van der Waals surface area contributed by atoms with Crippen LogP contribution in [0.5, 0.6) is 0 Å². The standard InChI is InChI=1S/C36H55N3O/c1-8-14-16-18-19-21-23-27-38-28-25-32(26-29-38)34(24-22-20-17-15-9-2)33(11-4)35(40-7)30-31(10-3)36(37)39(12-5)13-6/h8-9,11,14-20,22,30,32,34,37H,1-2,4,10,12-13,21,23-29H2,3,5-7H3/b16-14-,17-15-,19-18-,22-20-,31-30+,35-33-,37-36?. The number of ether oxygens (including phenoxy) is 1. The molecule has 0 radical (unpaired) electrons. The molecule has 1 aliphatic rings. The first-order chi connectivity index (χ1) is 19.5. The van der Waals surface area contributed by atoms with Gasteiger partial charge in [-0.1, -0.05) is 93.5 Å². The summed E-state index contributed by atoms with van der Waals surface area (Å²) in [5.41, 5.74) is 2.14. The molecule has 1 unspecified atom stereocenters. The van der Waals surface area contributed by atoms with Gasteiger partial charge in [0.15, 0.2) is 0 Å². The maximum atomic E-state index is 8.79. The van der Waals surface area contributed by atoms with Crippen molar-refractivity contribution in [1.29, 1.82) is 5.41 Å². The number of likely N-dealkylation sites (tertiary alicyclic amines) is 1. The van der Waals surface area contributed by atoms with Crippen molar-refractivity contribution in [3.63, 3.8) is 0 Å². The van der Waals surface area contributed by atoms with E-state index in [1.165, 1.54) is 6.42 Å². The van der Waals surface area contributed by atoms with Crippen molar-refractivity contribution in [1.82, 2.24) is 9.80 Å². The third-order valence-corrected chi connectivity index (χ3v) is 7.62. The molecule has 1 heterocycles. The number of rotatable bonds is 19. The maximum Gasteiger partial charge on any atom is 0.123 e. The highest BCUT2D eigenvalue weighted by molar-refractivity contribution is 5.96. The summed E-state index contributed by atoms with van der Waals surface area (Å²) in [6, 6.07) is 0. The second-order valence-corrected chi connectivity index (χ2v) is 10.0. The Morgan fingerprint density at radius 2 is 1.57 bits per heavy atom. The van der Waals surface area contributed by atoms with E-state index in [-0.39, 0.29) is 0 Å². The van der Waals surface area contributed by atoms with Crippen LogP contribution in [0.1, 0.15) is 59.3 Å². The molecule has 0 aromatic heterocycles. The third kappa shape index (κ3) is 12.4. The number of nitrogens with one attached hydrogen (secondary N) is 1. The van der Waals surface area contributed by atoms with Crippen molar-refractivity contribution >= 4 is 5.84 Å². The third-order valence-electron chi connectivity index (χ3n) is 7.62. The Hall–Kier alpha value is -3.11. The zero-order valence-corrected chi connectivity index (χ0v) is 25.8. The molecule has 220 valence electrons. The molecule has 40 heavy (non-hydrogen) atoms. The summed E-state index contributed by atoms with van der Waals surface area (Å²) in [4.78, 5) is 4.70. The fraction of sp³-hybridized carbons (Fsp3) is 0.472. The number of methoxy groups -OCH3 is 1. The normalized spacial score (nSPS) is 17.1. The fourth-order valence-electron chi connectivity index (χ4n) is 5.28. The molecular formula is C36H55N3O. The number of piperidine rings is 1. The van der Waals surface area contributed by atoms with Crippen molar-refractivity contribution < 1.29 is 4.74 Å². The second-order valence-electron chi connectivity index (χ2n) is 10.0. The van der Waals surface area contributed by atoms with Gasteiger partial charge in [-0.2, -0.15) is 0 Å². The van der Waals surface area contributed by atoms with E-state index in [1.54, 1.807) is 19.3 Å². The average Bonchev–Trinajstić information content (AvgIpc) is 2.98. The van der Waals surface area contributed by atoms with Gasteiger partial charge in [-0.3, -0.25) is 5.41 Å². The van der Waals surface area contributed by atoms with Crippen LogP contribution in [0.15, 0.2) is 110 Å². The quantitative estimate of drug-likeness (QED) is 0.0579. The Morgan fingerprint density at radius 1 is 0.950 bits per heavy atom. The number of unbranched alkanes of at least 4 members (excludes halogenated alkanes) is 1. The second kappa shape index (κ2) is 21.7. The van der Waals surface area contributed by atoms with Crippen molar-refractivity contribution in [3.8, 4) is 0 Å². The van der Waals surface area contributed by atoms with Crippen LogP contribution in [-0.2, 0) is 4.74 Å². The van der Waals surface area contributed by atoms with E-state index < -0.39 is 0 Å². The molecule has 1 saturated heterocycles. The van der Waals surface area contributed by atoms with E-state index in [4.69, 9.17) is 10.1 Å². The minimum Gasteiger partial charge on any atom is -0.496 e.